The van der Waals surface area contributed by atoms with Crippen molar-refractivity contribution < 1.29 is 23.1 Å². The van der Waals surface area contributed by atoms with Crippen molar-refractivity contribution in [3.05, 3.63) is 35.4 Å². The van der Waals surface area contributed by atoms with Crippen molar-refractivity contribution in [3.8, 4) is 0 Å². The number of aliphatic hydroxyl groups is 1. The summed E-state index contributed by atoms with van der Waals surface area (Å²) in [6.07, 6.45) is -3.27. The first-order valence-corrected chi connectivity index (χ1v) is 6.51. The summed E-state index contributed by atoms with van der Waals surface area (Å²) >= 11 is 0. The number of hydrogen-bond acceptors (Lipinski definition) is 2. The Morgan fingerprint density at radius 3 is 2.55 bits per heavy atom. The summed E-state index contributed by atoms with van der Waals surface area (Å²) in [5.41, 5.74) is -1.08. The molecule has 2 N–H and O–H groups in total. The highest BCUT2D eigenvalue weighted by molar-refractivity contribution is 5.79. The predicted octanol–water partition coefficient (Wildman–Crippen LogP) is 2.66. The van der Waals surface area contributed by atoms with Gasteiger partial charge in [-0.05, 0) is 24.5 Å². The van der Waals surface area contributed by atoms with Gasteiger partial charge in [0.2, 0.25) is 5.91 Å². The summed E-state index contributed by atoms with van der Waals surface area (Å²) in [5, 5.41) is 12.4. The number of carbonyl (C=O) groups is 1. The summed E-state index contributed by atoms with van der Waals surface area (Å²) in [6.45, 7) is -0.206. The van der Waals surface area contributed by atoms with Crippen LogP contribution in [-0.2, 0) is 11.0 Å². The first-order valence-electron chi connectivity index (χ1n) is 6.51. The van der Waals surface area contributed by atoms with E-state index in [2.05, 4.69) is 5.32 Å². The molecule has 1 aliphatic carbocycles. The first-order chi connectivity index (χ1) is 9.39. The fourth-order valence-electron chi connectivity index (χ4n) is 2.17. The van der Waals surface area contributed by atoms with E-state index in [0.717, 1.165) is 25.3 Å². The van der Waals surface area contributed by atoms with Crippen LogP contribution in [0.3, 0.4) is 0 Å². The number of rotatable bonds is 4. The van der Waals surface area contributed by atoms with E-state index < -0.39 is 17.8 Å². The Hall–Kier alpha value is -1.56. The van der Waals surface area contributed by atoms with Crippen LogP contribution in [0.1, 0.15) is 36.5 Å². The van der Waals surface area contributed by atoms with Gasteiger partial charge in [-0.1, -0.05) is 24.6 Å². The largest absolute Gasteiger partial charge is 0.416 e. The molecule has 1 saturated carbocycles. The standard InChI is InChI=1S/C14H16F3NO2/c15-14(16,17)11-7-2-1-6-10(11)12(19)8-18-13(20)9-4-3-5-9/h1-2,6-7,9,12,19H,3-5,8H2,(H,18,20)/t12-/m1/s1. The van der Waals surface area contributed by atoms with Crippen molar-refractivity contribution in [2.75, 3.05) is 6.54 Å². The topological polar surface area (TPSA) is 49.3 Å². The molecule has 0 unspecified atom stereocenters. The third-order valence-corrected chi connectivity index (χ3v) is 3.57. The lowest BCUT2D eigenvalue weighted by molar-refractivity contribution is -0.139. The van der Waals surface area contributed by atoms with Crippen LogP contribution in [0.5, 0.6) is 0 Å². The fourth-order valence-corrected chi connectivity index (χ4v) is 2.17. The van der Waals surface area contributed by atoms with Gasteiger partial charge >= 0.3 is 6.18 Å². The minimum Gasteiger partial charge on any atom is -0.387 e. The average molecular weight is 287 g/mol. The Kier molecular flexibility index (Phi) is 4.32. The minimum absolute atomic E-state index is 0.0555. The van der Waals surface area contributed by atoms with Gasteiger partial charge in [0.05, 0.1) is 11.7 Å². The SMILES string of the molecule is O=C(NC[C@@H](O)c1ccccc1C(F)(F)F)C1CCC1. The average Bonchev–Trinajstić information content (AvgIpc) is 2.33. The monoisotopic (exact) mass is 287 g/mol. The zero-order chi connectivity index (χ0) is 14.8. The molecule has 1 aromatic rings. The Morgan fingerprint density at radius 1 is 1.35 bits per heavy atom. The first kappa shape index (κ1) is 14.8. The van der Waals surface area contributed by atoms with Gasteiger partial charge in [-0.15, -0.1) is 0 Å². The van der Waals surface area contributed by atoms with E-state index in [9.17, 15) is 23.1 Å². The van der Waals surface area contributed by atoms with Gasteiger partial charge in [-0.2, -0.15) is 13.2 Å². The van der Waals surface area contributed by atoms with Crippen LogP contribution in [0, 0.1) is 5.92 Å². The van der Waals surface area contributed by atoms with Crippen LogP contribution in [0.4, 0.5) is 13.2 Å². The number of benzene rings is 1. The number of alkyl halides is 3. The number of carbonyl (C=O) groups excluding carboxylic acids is 1. The normalized spacial score (nSPS) is 17.4. The third-order valence-electron chi connectivity index (χ3n) is 3.57. The molecular formula is C14H16F3NO2. The molecule has 1 amide bonds. The van der Waals surface area contributed by atoms with E-state index in [1.54, 1.807) is 0 Å². The lowest BCUT2D eigenvalue weighted by Crippen LogP contribution is -2.37. The smallest absolute Gasteiger partial charge is 0.387 e. The highest BCUT2D eigenvalue weighted by Gasteiger charge is 2.34. The Labute approximate surface area is 114 Å². The molecule has 1 atom stereocenters. The van der Waals surface area contributed by atoms with Crippen LogP contribution < -0.4 is 5.32 Å². The maximum absolute atomic E-state index is 12.8. The van der Waals surface area contributed by atoms with E-state index >= 15 is 0 Å². The maximum atomic E-state index is 12.8. The number of hydrogen-bond donors (Lipinski definition) is 2. The van der Waals surface area contributed by atoms with Crippen molar-refractivity contribution in [2.45, 2.75) is 31.5 Å². The van der Waals surface area contributed by atoms with Crippen molar-refractivity contribution in [1.82, 2.24) is 5.32 Å². The van der Waals surface area contributed by atoms with E-state index in [0.29, 0.717) is 0 Å². The fraction of sp³-hybridized carbons (Fsp3) is 0.500. The molecule has 20 heavy (non-hydrogen) atoms. The van der Waals surface area contributed by atoms with E-state index in [-0.39, 0.29) is 23.9 Å². The quantitative estimate of drug-likeness (QED) is 0.894. The molecule has 0 saturated heterocycles. The molecule has 1 aliphatic rings. The summed E-state index contributed by atoms with van der Waals surface area (Å²) in [6, 6.07) is 4.85. The van der Waals surface area contributed by atoms with Gasteiger partial charge in [0.1, 0.15) is 0 Å². The third kappa shape index (κ3) is 3.30. The molecule has 0 heterocycles. The molecule has 3 nitrogen and oxygen atoms in total. The highest BCUT2D eigenvalue weighted by atomic mass is 19.4. The molecule has 0 aromatic heterocycles. The van der Waals surface area contributed by atoms with Gasteiger partial charge in [0, 0.05) is 12.5 Å². The van der Waals surface area contributed by atoms with Gasteiger partial charge in [0.15, 0.2) is 0 Å². The van der Waals surface area contributed by atoms with Gasteiger partial charge in [0.25, 0.3) is 0 Å². The lowest BCUT2D eigenvalue weighted by atomic mass is 9.85. The van der Waals surface area contributed by atoms with Gasteiger partial charge in [-0.25, -0.2) is 0 Å². The van der Waals surface area contributed by atoms with Crippen LogP contribution >= 0.6 is 0 Å². The lowest BCUT2D eigenvalue weighted by Gasteiger charge is -2.25. The number of aliphatic hydroxyl groups excluding tert-OH is 1. The van der Waals surface area contributed by atoms with Crippen molar-refractivity contribution >= 4 is 5.91 Å². The molecule has 0 bridgehead atoms. The van der Waals surface area contributed by atoms with Crippen LogP contribution in [0.2, 0.25) is 0 Å². The summed E-state index contributed by atoms with van der Waals surface area (Å²) in [4.78, 5) is 11.6. The van der Waals surface area contributed by atoms with Gasteiger partial charge < -0.3 is 10.4 Å². The number of halogens is 3. The van der Waals surface area contributed by atoms with Crippen molar-refractivity contribution in [2.24, 2.45) is 5.92 Å². The highest BCUT2D eigenvalue weighted by Crippen LogP contribution is 2.34. The summed E-state index contributed by atoms with van der Waals surface area (Å²) < 4.78 is 38.4. The predicted molar refractivity (Wildman–Crippen MR) is 66.8 cm³/mol. The molecule has 110 valence electrons. The van der Waals surface area contributed by atoms with E-state index in [1.807, 2.05) is 0 Å². The van der Waals surface area contributed by atoms with Gasteiger partial charge in [-0.3, -0.25) is 4.79 Å². The molecule has 0 radical (unpaired) electrons. The van der Waals surface area contributed by atoms with Crippen molar-refractivity contribution in [3.63, 3.8) is 0 Å². The zero-order valence-corrected chi connectivity index (χ0v) is 10.8. The maximum Gasteiger partial charge on any atom is 0.416 e. The van der Waals surface area contributed by atoms with Crippen molar-refractivity contribution in [1.29, 1.82) is 0 Å². The Morgan fingerprint density at radius 2 is 2.00 bits per heavy atom. The molecule has 1 aromatic carbocycles. The number of nitrogens with one attached hydrogen (secondary N) is 1. The van der Waals surface area contributed by atoms with E-state index in [1.165, 1.54) is 18.2 Å². The van der Waals surface area contributed by atoms with E-state index in [4.69, 9.17) is 0 Å². The second-order valence-corrected chi connectivity index (χ2v) is 4.97. The second kappa shape index (κ2) is 5.83. The molecule has 0 spiro atoms. The zero-order valence-electron chi connectivity index (χ0n) is 10.8. The van der Waals surface area contributed by atoms with Crippen LogP contribution in [0.25, 0.3) is 0 Å². The second-order valence-electron chi connectivity index (χ2n) is 4.97. The molecule has 0 aliphatic heterocycles. The molecule has 6 heteroatoms. The molecule has 1 fully saturated rings. The molecular weight excluding hydrogens is 271 g/mol. The minimum atomic E-state index is -4.52. The number of amides is 1. The van der Waals surface area contributed by atoms with Crippen LogP contribution in [-0.4, -0.2) is 17.6 Å². The van der Waals surface area contributed by atoms with Crippen LogP contribution in [0.15, 0.2) is 24.3 Å². The summed E-state index contributed by atoms with van der Waals surface area (Å²) in [5.74, 6) is -0.250. The summed E-state index contributed by atoms with van der Waals surface area (Å²) in [7, 11) is 0. The molecule has 2 rings (SSSR count). The Bertz CT molecular complexity index is 484. The Balaban J connectivity index is 2.01.